The number of aliphatic hydroxyl groups excluding tert-OH is 2. The summed E-state index contributed by atoms with van der Waals surface area (Å²) in [6.07, 6.45) is 0.808. The number of aromatic nitrogens is 1. The lowest BCUT2D eigenvalue weighted by Gasteiger charge is -2.19. The van der Waals surface area contributed by atoms with Crippen LogP contribution in [-0.4, -0.2) is 36.8 Å². The molecular formula is C19H24FIN3O4S+. The van der Waals surface area contributed by atoms with Crippen molar-refractivity contribution in [2.24, 2.45) is 7.05 Å². The van der Waals surface area contributed by atoms with Crippen LogP contribution in [0.1, 0.15) is 24.8 Å². The summed E-state index contributed by atoms with van der Waals surface area (Å²) in [6, 6.07) is 6.33. The molecule has 1 unspecified atom stereocenters. The number of hydrogen-bond acceptors (Lipinski definition) is 6. The SMILES string of the molecule is Cc1cc(N[S+](O)C2(C[C@H](O)CO)CC2)c(Nc2ccc(I)cc2F)n(C)c1=O. The van der Waals surface area contributed by atoms with E-state index in [1.165, 1.54) is 10.6 Å². The highest BCUT2D eigenvalue weighted by Gasteiger charge is 2.61. The molecule has 0 bridgehead atoms. The second-order valence-corrected chi connectivity index (χ2v) is 10.2. The van der Waals surface area contributed by atoms with Gasteiger partial charge in [0.2, 0.25) is 0 Å². The molecule has 1 fully saturated rings. The van der Waals surface area contributed by atoms with E-state index in [1.54, 1.807) is 32.2 Å². The highest BCUT2D eigenvalue weighted by Crippen LogP contribution is 2.48. The summed E-state index contributed by atoms with van der Waals surface area (Å²) in [5.74, 6) is -0.130. The van der Waals surface area contributed by atoms with Crippen molar-refractivity contribution < 1.29 is 19.2 Å². The molecule has 0 aliphatic heterocycles. The first-order valence-corrected chi connectivity index (χ1v) is 11.3. The van der Waals surface area contributed by atoms with Crippen LogP contribution in [0.4, 0.5) is 21.6 Å². The smallest absolute Gasteiger partial charge is 0.269 e. The number of aryl methyl sites for hydroxylation is 1. The van der Waals surface area contributed by atoms with Crippen molar-refractivity contribution in [2.75, 3.05) is 16.6 Å². The van der Waals surface area contributed by atoms with Gasteiger partial charge in [-0.2, -0.15) is 9.27 Å². The van der Waals surface area contributed by atoms with Crippen LogP contribution in [0.25, 0.3) is 0 Å². The maximum atomic E-state index is 14.3. The normalized spacial score (nSPS) is 16.9. The van der Waals surface area contributed by atoms with Crippen LogP contribution in [0, 0.1) is 16.3 Å². The number of benzene rings is 1. The van der Waals surface area contributed by atoms with E-state index in [9.17, 15) is 18.8 Å². The molecule has 2 aromatic rings. The molecule has 5 N–H and O–H groups in total. The van der Waals surface area contributed by atoms with Crippen LogP contribution in [0.2, 0.25) is 0 Å². The molecule has 0 amide bonds. The predicted octanol–water partition coefficient (Wildman–Crippen LogP) is 2.88. The van der Waals surface area contributed by atoms with Crippen molar-refractivity contribution in [1.82, 2.24) is 4.57 Å². The van der Waals surface area contributed by atoms with Crippen molar-refractivity contribution in [3.05, 3.63) is 49.6 Å². The van der Waals surface area contributed by atoms with E-state index in [0.717, 1.165) is 16.4 Å². The van der Waals surface area contributed by atoms with E-state index in [-0.39, 0.29) is 24.3 Å². The van der Waals surface area contributed by atoms with E-state index in [2.05, 4.69) is 10.0 Å². The Kier molecular flexibility index (Phi) is 6.78. The molecule has 0 saturated heterocycles. The number of pyridine rings is 1. The van der Waals surface area contributed by atoms with E-state index in [4.69, 9.17) is 5.11 Å². The molecule has 0 radical (unpaired) electrons. The second-order valence-electron chi connectivity index (χ2n) is 7.31. The Balaban J connectivity index is 1.93. The molecule has 10 heteroatoms. The Labute approximate surface area is 184 Å². The van der Waals surface area contributed by atoms with Crippen molar-refractivity contribution in [3.63, 3.8) is 0 Å². The van der Waals surface area contributed by atoms with Crippen LogP contribution >= 0.6 is 22.6 Å². The maximum absolute atomic E-state index is 14.3. The molecule has 29 heavy (non-hydrogen) atoms. The molecule has 1 aliphatic rings. The van der Waals surface area contributed by atoms with Gasteiger partial charge in [0.15, 0.2) is 4.75 Å². The number of halogens is 2. The highest BCUT2D eigenvalue weighted by molar-refractivity contribution is 14.1. The van der Waals surface area contributed by atoms with Gasteiger partial charge in [-0.3, -0.25) is 9.36 Å². The Bertz CT molecular complexity index is 967. The lowest BCUT2D eigenvalue weighted by Crippen LogP contribution is -2.35. The minimum atomic E-state index is -1.31. The van der Waals surface area contributed by atoms with Gasteiger partial charge in [-0.25, -0.2) is 4.39 Å². The Morgan fingerprint density at radius 3 is 2.62 bits per heavy atom. The maximum Gasteiger partial charge on any atom is 0.269 e. The minimum Gasteiger partial charge on any atom is -0.394 e. The molecule has 1 aliphatic carbocycles. The van der Waals surface area contributed by atoms with E-state index in [0.29, 0.717) is 17.1 Å². The number of nitrogens with one attached hydrogen (secondary N) is 2. The number of aliphatic hydroxyl groups is 2. The molecular weight excluding hydrogens is 512 g/mol. The lowest BCUT2D eigenvalue weighted by atomic mass is 10.2. The van der Waals surface area contributed by atoms with Gasteiger partial charge >= 0.3 is 0 Å². The van der Waals surface area contributed by atoms with Crippen molar-refractivity contribution in [1.29, 1.82) is 0 Å². The zero-order chi connectivity index (χ0) is 21.3. The van der Waals surface area contributed by atoms with Gasteiger partial charge < -0.3 is 15.5 Å². The van der Waals surface area contributed by atoms with E-state index < -0.39 is 28.0 Å². The van der Waals surface area contributed by atoms with E-state index in [1.807, 2.05) is 22.6 Å². The summed E-state index contributed by atoms with van der Waals surface area (Å²) in [4.78, 5) is 12.4. The van der Waals surface area contributed by atoms with Gasteiger partial charge in [0.05, 0.1) is 18.4 Å². The summed E-state index contributed by atoms with van der Waals surface area (Å²) in [6.45, 7) is 1.30. The predicted molar refractivity (Wildman–Crippen MR) is 122 cm³/mol. The van der Waals surface area contributed by atoms with Gasteiger partial charge in [-0.1, -0.05) is 0 Å². The van der Waals surface area contributed by atoms with E-state index >= 15 is 0 Å². The minimum absolute atomic E-state index is 0.210. The highest BCUT2D eigenvalue weighted by atomic mass is 127. The molecule has 0 spiro atoms. The summed E-state index contributed by atoms with van der Waals surface area (Å²) in [5.41, 5.74) is 0.902. The Morgan fingerprint density at radius 2 is 2.03 bits per heavy atom. The largest absolute Gasteiger partial charge is 0.394 e. The third kappa shape index (κ3) is 4.88. The van der Waals surface area contributed by atoms with Gasteiger partial charge in [-0.15, -0.1) is 0 Å². The van der Waals surface area contributed by atoms with Gasteiger partial charge in [-0.05, 0) is 53.8 Å². The molecule has 1 saturated carbocycles. The monoisotopic (exact) mass is 536 g/mol. The molecule has 1 aromatic carbocycles. The van der Waals surface area contributed by atoms with Crippen molar-refractivity contribution >= 4 is 51.1 Å². The topological polar surface area (TPSA) is 107 Å². The van der Waals surface area contributed by atoms with Crippen LogP contribution < -0.4 is 15.6 Å². The molecule has 1 heterocycles. The van der Waals surface area contributed by atoms with Crippen molar-refractivity contribution in [3.8, 4) is 0 Å². The Hall–Kier alpha value is -1.34. The van der Waals surface area contributed by atoms with Crippen molar-refractivity contribution in [2.45, 2.75) is 37.0 Å². The number of rotatable bonds is 8. The van der Waals surface area contributed by atoms with Crippen LogP contribution in [-0.2, 0) is 18.4 Å². The third-order valence-electron chi connectivity index (χ3n) is 5.02. The third-order valence-corrected chi connectivity index (χ3v) is 7.50. The zero-order valence-corrected chi connectivity index (χ0v) is 19.1. The number of nitrogens with zero attached hydrogens (tertiary/aromatic N) is 1. The summed E-state index contributed by atoms with van der Waals surface area (Å²) >= 11 is 0.701. The molecule has 158 valence electrons. The standard InChI is InChI=1S/C19H23FIN3O4S/c1-11-7-16(23-29(28)19(5-6-19)9-13(26)10-25)17(24(2)18(11)27)22-15-4-3-12(21)8-14(15)20/h3-4,7-8,13,23,25-26,28H,5-6,9-10H2,1-2H3/p+1/t13-,29?/m0/s1. The molecule has 2 atom stereocenters. The quantitative estimate of drug-likeness (QED) is 0.263. The van der Waals surface area contributed by atoms with Crippen LogP contribution in [0.3, 0.4) is 0 Å². The summed E-state index contributed by atoms with van der Waals surface area (Å²) in [5, 5.41) is 21.9. The summed E-state index contributed by atoms with van der Waals surface area (Å²) < 4.78 is 29.8. The average molecular weight is 536 g/mol. The Morgan fingerprint density at radius 1 is 1.34 bits per heavy atom. The fourth-order valence-electron chi connectivity index (χ4n) is 3.16. The first kappa shape index (κ1) is 22.3. The van der Waals surface area contributed by atoms with Gasteiger partial charge in [0, 0.05) is 35.4 Å². The number of anilines is 3. The van der Waals surface area contributed by atoms with Gasteiger partial charge in [0.25, 0.3) is 16.9 Å². The first-order valence-electron chi connectivity index (χ1n) is 9.08. The number of hydrogen-bond donors (Lipinski definition) is 5. The van der Waals surface area contributed by atoms with Crippen LogP contribution in [0.5, 0.6) is 0 Å². The van der Waals surface area contributed by atoms with Crippen LogP contribution in [0.15, 0.2) is 29.1 Å². The second kappa shape index (κ2) is 8.80. The summed E-state index contributed by atoms with van der Waals surface area (Å²) in [7, 11) is 1.57. The molecule has 3 rings (SSSR count). The molecule has 1 aromatic heterocycles. The first-order chi connectivity index (χ1) is 13.7. The average Bonchev–Trinajstić information content (AvgIpc) is 3.45. The fraction of sp³-hybridized carbons (Fsp3) is 0.421. The lowest BCUT2D eigenvalue weighted by molar-refractivity contribution is 0.0859. The zero-order valence-electron chi connectivity index (χ0n) is 16.1. The molecule has 7 nitrogen and oxygen atoms in total. The fourth-order valence-corrected chi connectivity index (χ4v) is 5.04. The van der Waals surface area contributed by atoms with Gasteiger partial charge in [0.1, 0.15) is 17.3 Å².